The summed E-state index contributed by atoms with van der Waals surface area (Å²) in [5.74, 6) is -2.92. The third kappa shape index (κ3) is 8.37. The van der Waals surface area contributed by atoms with Crippen molar-refractivity contribution in [2.45, 2.75) is 69.5 Å². The molecule has 9 N–H and O–H groups in total. The molecule has 186 valence electrons. The van der Waals surface area contributed by atoms with Crippen LogP contribution in [0.4, 0.5) is 0 Å². The van der Waals surface area contributed by atoms with Crippen molar-refractivity contribution in [3.8, 4) is 0 Å². The smallest absolute Gasteiger partial charge is 0.306 e. The Morgan fingerprint density at radius 1 is 1.03 bits per heavy atom. The number of rotatable bonds is 13. The average molecular weight is 470 g/mol. The molecule has 1 aromatic rings. The van der Waals surface area contributed by atoms with Crippen molar-refractivity contribution < 1.29 is 39.9 Å². The van der Waals surface area contributed by atoms with Gasteiger partial charge in [0.15, 0.2) is 6.10 Å². The van der Waals surface area contributed by atoms with E-state index in [1.165, 1.54) is 6.92 Å². The van der Waals surface area contributed by atoms with Gasteiger partial charge in [-0.2, -0.15) is 0 Å². The maximum atomic E-state index is 12.6. The molecule has 11 heteroatoms. The lowest BCUT2D eigenvalue weighted by atomic mass is 9.88. The Kier molecular flexibility index (Phi) is 10.9. The van der Waals surface area contributed by atoms with Crippen molar-refractivity contribution in [2.75, 3.05) is 6.61 Å². The highest BCUT2D eigenvalue weighted by Crippen LogP contribution is 2.25. The van der Waals surface area contributed by atoms with Crippen molar-refractivity contribution in [2.24, 2.45) is 11.7 Å². The number of carbonyl (C=O) groups excluding carboxylic acids is 2. The van der Waals surface area contributed by atoms with Crippen LogP contribution in [-0.2, 0) is 19.9 Å². The number of nitrogens with one attached hydrogen (secondary N) is 2. The molecule has 0 unspecified atom stereocenters. The van der Waals surface area contributed by atoms with Crippen LogP contribution in [0.15, 0.2) is 30.3 Å². The SMILES string of the molecule is CC(C)C[C@H](N)C(=O)N[C@@H](CO)[C@@H](O)[C@@H](O)[C@H](O)C(=O)N[C@@](C)(CC(=O)O)c1ccccc1. The molecular weight excluding hydrogens is 434 g/mol. The minimum atomic E-state index is -2.19. The van der Waals surface area contributed by atoms with Gasteiger partial charge in [0.25, 0.3) is 5.91 Å². The predicted molar refractivity (Wildman–Crippen MR) is 119 cm³/mol. The summed E-state index contributed by atoms with van der Waals surface area (Å²) in [7, 11) is 0. The molecule has 0 fully saturated rings. The second-order valence-corrected chi connectivity index (χ2v) is 8.72. The summed E-state index contributed by atoms with van der Waals surface area (Å²) in [4.78, 5) is 36.2. The molecule has 0 aliphatic heterocycles. The normalized spacial score (nSPS) is 17.8. The van der Waals surface area contributed by atoms with E-state index in [0.717, 1.165) is 0 Å². The van der Waals surface area contributed by atoms with Crippen LogP contribution in [0.2, 0.25) is 0 Å². The highest BCUT2D eigenvalue weighted by Gasteiger charge is 2.39. The lowest BCUT2D eigenvalue weighted by Crippen LogP contribution is -2.59. The van der Waals surface area contributed by atoms with E-state index in [1.807, 2.05) is 13.8 Å². The summed E-state index contributed by atoms with van der Waals surface area (Å²) in [6.07, 6.45) is -6.39. The summed E-state index contributed by atoms with van der Waals surface area (Å²) in [5, 5.41) is 54.5. The van der Waals surface area contributed by atoms with Gasteiger partial charge in [-0.1, -0.05) is 44.2 Å². The van der Waals surface area contributed by atoms with Crippen LogP contribution in [0.1, 0.15) is 39.2 Å². The van der Waals surface area contributed by atoms with Gasteiger partial charge in [0, 0.05) is 0 Å². The second-order valence-electron chi connectivity index (χ2n) is 8.72. The first-order valence-corrected chi connectivity index (χ1v) is 10.6. The Morgan fingerprint density at radius 3 is 2.09 bits per heavy atom. The highest BCUT2D eigenvalue weighted by atomic mass is 16.4. The van der Waals surface area contributed by atoms with E-state index in [0.29, 0.717) is 12.0 Å². The molecule has 1 aromatic carbocycles. The zero-order chi connectivity index (χ0) is 25.3. The quantitative estimate of drug-likeness (QED) is 0.168. The monoisotopic (exact) mass is 469 g/mol. The number of amides is 2. The zero-order valence-electron chi connectivity index (χ0n) is 19.0. The molecule has 6 atom stereocenters. The van der Waals surface area contributed by atoms with E-state index in [9.17, 15) is 39.9 Å². The van der Waals surface area contributed by atoms with E-state index < -0.39 is 66.7 Å². The predicted octanol–water partition coefficient (Wildman–Crippen LogP) is -1.57. The van der Waals surface area contributed by atoms with E-state index in [-0.39, 0.29) is 5.92 Å². The molecule has 0 saturated heterocycles. The third-order valence-corrected chi connectivity index (χ3v) is 5.26. The van der Waals surface area contributed by atoms with Crippen molar-refractivity contribution in [3.63, 3.8) is 0 Å². The molecule has 0 bridgehead atoms. The maximum Gasteiger partial charge on any atom is 0.306 e. The Bertz CT molecular complexity index is 791. The first kappa shape index (κ1) is 28.5. The van der Waals surface area contributed by atoms with Crippen LogP contribution in [0.5, 0.6) is 0 Å². The van der Waals surface area contributed by atoms with Crippen LogP contribution < -0.4 is 16.4 Å². The molecule has 0 spiro atoms. The Balaban J connectivity index is 2.93. The Morgan fingerprint density at radius 2 is 1.61 bits per heavy atom. The van der Waals surface area contributed by atoms with Crippen molar-refractivity contribution in [1.29, 1.82) is 0 Å². The van der Waals surface area contributed by atoms with E-state index in [4.69, 9.17) is 5.73 Å². The maximum absolute atomic E-state index is 12.6. The molecule has 0 aliphatic rings. The van der Waals surface area contributed by atoms with Gasteiger partial charge in [0.2, 0.25) is 5.91 Å². The van der Waals surface area contributed by atoms with E-state index in [2.05, 4.69) is 10.6 Å². The number of hydrogen-bond acceptors (Lipinski definition) is 8. The van der Waals surface area contributed by atoms with E-state index in [1.54, 1.807) is 30.3 Å². The van der Waals surface area contributed by atoms with Crippen LogP contribution in [-0.4, -0.2) is 80.3 Å². The number of carboxylic acids is 1. The molecule has 0 saturated carbocycles. The summed E-state index contributed by atoms with van der Waals surface area (Å²) in [6, 6.07) is 5.87. The topological polar surface area (TPSA) is 202 Å². The molecule has 0 radical (unpaired) electrons. The van der Waals surface area contributed by atoms with Gasteiger partial charge < -0.3 is 41.9 Å². The summed E-state index contributed by atoms with van der Waals surface area (Å²) < 4.78 is 0. The molecule has 11 nitrogen and oxygen atoms in total. The van der Waals surface area contributed by atoms with Gasteiger partial charge in [-0.05, 0) is 24.8 Å². The Labute approximate surface area is 192 Å². The van der Waals surface area contributed by atoms with Gasteiger partial charge in [-0.15, -0.1) is 0 Å². The number of carboxylic acid groups (broad SMARTS) is 1. The zero-order valence-corrected chi connectivity index (χ0v) is 19.0. The summed E-state index contributed by atoms with van der Waals surface area (Å²) >= 11 is 0. The van der Waals surface area contributed by atoms with Crippen LogP contribution >= 0.6 is 0 Å². The van der Waals surface area contributed by atoms with Crippen LogP contribution in [0.25, 0.3) is 0 Å². The fourth-order valence-electron chi connectivity index (χ4n) is 3.40. The largest absolute Gasteiger partial charge is 0.481 e. The first-order valence-electron chi connectivity index (χ1n) is 10.6. The average Bonchev–Trinajstić information content (AvgIpc) is 2.75. The van der Waals surface area contributed by atoms with Gasteiger partial charge in [0.1, 0.15) is 12.2 Å². The van der Waals surface area contributed by atoms with Crippen LogP contribution in [0, 0.1) is 5.92 Å². The minimum absolute atomic E-state index is 0.115. The number of aliphatic carboxylic acids is 1. The van der Waals surface area contributed by atoms with Crippen LogP contribution in [0.3, 0.4) is 0 Å². The number of hydrogen-bond donors (Lipinski definition) is 8. The number of aliphatic hydroxyl groups is 4. The van der Waals surface area contributed by atoms with Crippen molar-refractivity contribution in [1.82, 2.24) is 10.6 Å². The second kappa shape index (κ2) is 12.6. The minimum Gasteiger partial charge on any atom is -0.481 e. The lowest BCUT2D eigenvalue weighted by Gasteiger charge is -2.33. The molecule has 0 aromatic heterocycles. The number of aliphatic hydroxyl groups excluding tert-OH is 4. The fourth-order valence-corrected chi connectivity index (χ4v) is 3.40. The van der Waals surface area contributed by atoms with Gasteiger partial charge in [-0.25, -0.2) is 0 Å². The molecular formula is C22H35N3O8. The van der Waals surface area contributed by atoms with Crippen molar-refractivity contribution in [3.05, 3.63) is 35.9 Å². The highest BCUT2D eigenvalue weighted by molar-refractivity contribution is 5.83. The fraction of sp³-hybridized carbons (Fsp3) is 0.591. The molecule has 1 rings (SSSR count). The summed E-state index contributed by atoms with van der Waals surface area (Å²) in [5.41, 5.74) is 4.79. The standard InChI is InChI=1S/C22H35N3O8/c1-12(2)9-14(23)20(32)24-15(11-26)17(29)18(30)19(31)21(33)25-22(3,10-16(27)28)13-7-5-4-6-8-13/h4-8,12,14-15,17-19,26,29-31H,9-11,23H2,1-3H3,(H,24,32)(H,25,33)(H,27,28)/t14-,15-,17+,18+,19-,22-/m0/s1. The third-order valence-electron chi connectivity index (χ3n) is 5.26. The van der Waals surface area contributed by atoms with Gasteiger partial charge in [0.05, 0.1) is 30.7 Å². The van der Waals surface area contributed by atoms with E-state index >= 15 is 0 Å². The molecule has 0 aliphatic carbocycles. The van der Waals surface area contributed by atoms with Gasteiger partial charge in [-0.3, -0.25) is 14.4 Å². The number of benzene rings is 1. The Hall–Kier alpha value is -2.57. The molecule has 2 amide bonds. The number of nitrogens with two attached hydrogens (primary N) is 1. The molecule has 33 heavy (non-hydrogen) atoms. The van der Waals surface area contributed by atoms with Gasteiger partial charge >= 0.3 is 5.97 Å². The van der Waals surface area contributed by atoms with Crippen molar-refractivity contribution >= 4 is 17.8 Å². The molecule has 0 heterocycles. The first-order chi connectivity index (χ1) is 15.3. The number of carbonyl (C=O) groups is 3. The lowest BCUT2D eigenvalue weighted by molar-refractivity contribution is -0.146. The summed E-state index contributed by atoms with van der Waals surface area (Å²) in [6.45, 7) is 4.36.